The molecule has 0 unspecified atom stereocenters. The van der Waals surface area contributed by atoms with Gasteiger partial charge in [-0.1, -0.05) is 48.0 Å². The average Bonchev–Trinajstić information content (AvgIpc) is 2.76. The first-order valence-electron chi connectivity index (χ1n) is 7.58. The molecule has 1 heterocycles. The molecule has 0 aliphatic carbocycles. The highest BCUT2D eigenvalue weighted by molar-refractivity contribution is 6.33. The van der Waals surface area contributed by atoms with Crippen LogP contribution < -0.4 is 10.6 Å². The first-order chi connectivity index (χ1) is 10.3. The predicted molar refractivity (Wildman–Crippen MR) is 90.2 cm³/mol. The third-order valence-electron chi connectivity index (χ3n) is 4.14. The van der Waals surface area contributed by atoms with Gasteiger partial charge >= 0.3 is 0 Å². The lowest BCUT2D eigenvalue weighted by molar-refractivity contribution is 0.711. The van der Waals surface area contributed by atoms with Gasteiger partial charge in [0.25, 0.3) is 0 Å². The normalized spacial score (nSPS) is 15.9. The summed E-state index contributed by atoms with van der Waals surface area (Å²) in [6.45, 7) is 4.24. The second kappa shape index (κ2) is 6.50. The van der Waals surface area contributed by atoms with E-state index in [1.807, 2.05) is 12.1 Å². The smallest absolute Gasteiger partial charge is 0.0640 e. The lowest BCUT2D eigenvalue weighted by Crippen LogP contribution is -2.16. The van der Waals surface area contributed by atoms with E-state index in [1.165, 1.54) is 16.7 Å². The van der Waals surface area contributed by atoms with Gasteiger partial charge < -0.3 is 10.6 Å². The van der Waals surface area contributed by atoms with E-state index < -0.39 is 0 Å². The SMILES string of the molecule is C[C@@H](Nc1c(Cl)ccc2c1CCNCC2)c1ccccc1. The van der Waals surface area contributed by atoms with E-state index >= 15 is 0 Å². The second-order valence-corrected chi connectivity index (χ2v) is 5.99. The lowest BCUT2D eigenvalue weighted by Gasteiger charge is -2.21. The van der Waals surface area contributed by atoms with Crippen LogP contribution in [0.2, 0.25) is 5.02 Å². The molecule has 0 radical (unpaired) electrons. The van der Waals surface area contributed by atoms with Gasteiger partial charge in [0, 0.05) is 6.04 Å². The maximum atomic E-state index is 6.46. The fourth-order valence-electron chi connectivity index (χ4n) is 2.94. The molecule has 3 heteroatoms. The van der Waals surface area contributed by atoms with Crippen LogP contribution >= 0.6 is 11.6 Å². The summed E-state index contributed by atoms with van der Waals surface area (Å²) in [6.07, 6.45) is 2.10. The summed E-state index contributed by atoms with van der Waals surface area (Å²) in [6, 6.07) is 14.9. The Morgan fingerprint density at radius 3 is 2.62 bits per heavy atom. The van der Waals surface area contributed by atoms with E-state index in [2.05, 4.69) is 47.9 Å². The molecule has 0 aromatic heterocycles. The summed E-state index contributed by atoms with van der Waals surface area (Å²) in [5, 5.41) is 7.90. The van der Waals surface area contributed by atoms with Crippen LogP contribution in [0.15, 0.2) is 42.5 Å². The summed E-state index contributed by atoms with van der Waals surface area (Å²) < 4.78 is 0. The molecule has 1 aliphatic rings. The van der Waals surface area contributed by atoms with Crippen molar-refractivity contribution in [2.75, 3.05) is 18.4 Å². The standard InChI is InChI=1S/C18H21ClN2/c1-13(14-5-3-2-4-6-14)21-18-16-10-12-20-11-9-15(16)7-8-17(18)19/h2-8,13,20-21H,9-12H2,1H3/t13-/m1/s1. The van der Waals surface area contributed by atoms with E-state index in [1.54, 1.807) is 0 Å². The zero-order chi connectivity index (χ0) is 14.7. The van der Waals surface area contributed by atoms with Crippen LogP contribution in [-0.2, 0) is 12.8 Å². The van der Waals surface area contributed by atoms with Gasteiger partial charge in [0.05, 0.1) is 10.7 Å². The molecule has 0 saturated carbocycles. The van der Waals surface area contributed by atoms with Crippen molar-refractivity contribution in [2.45, 2.75) is 25.8 Å². The van der Waals surface area contributed by atoms with Gasteiger partial charge in [0.15, 0.2) is 0 Å². The van der Waals surface area contributed by atoms with E-state index in [0.717, 1.165) is 36.6 Å². The number of fused-ring (bicyclic) bond motifs is 1. The third-order valence-corrected chi connectivity index (χ3v) is 4.46. The number of hydrogen-bond acceptors (Lipinski definition) is 2. The van der Waals surface area contributed by atoms with Crippen molar-refractivity contribution in [1.82, 2.24) is 5.32 Å². The maximum Gasteiger partial charge on any atom is 0.0640 e. The van der Waals surface area contributed by atoms with Crippen LogP contribution in [0.5, 0.6) is 0 Å². The maximum absolute atomic E-state index is 6.46. The van der Waals surface area contributed by atoms with Gasteiger partial charge in [-0.05, 0) is 55.6 Å². The highest BCUT2D eigenvalue weighted by atomic mass is 35.5. The number of hydrogen-bond donors (Lipinski definition) is 2. The molecule has 0 fully saturated rings. The highest BCUT2D eigenvalue weighted by Gasteiger charge is 2.16. The van der Waals surface area contributed by atoms with Gasteiger partial charge in [0.1, 0.15) is 0 Å². The minimum absolute atomic E-state index is 0.242. The Labute approximate surface area is 131 Å². The quantitative estimate of drug-likeness (QED) is 0.887. The van der Waals surface area contributed by atoms with Gasteiger partial charge in [-0.2, -0.15) is 0 Å². The first-order valence-corrected chi connectivity index (χ1v) is 7.96. The molecule has 1 atom stereocenters. The zero-order valence-corrected chi connectivity index (χ0v) is 13.1. The van der Waals surface area contributed by atoms with Crippen molar-refractivity contribution in [1.29, 1.82) is 0 Å². The molecule has 110 valence electrons. The molecule has 0 saturated heterocycles. The van der Waals surface area contributed by atoms with Gasteiger partial charge in [0.2, 0.25) is 0 Å². The van der Waals surface area contributed by atoms with Crippen molar-refractivity contribution in [2.24, 2.45) is 0 Å². The van der Waals surface area contributed by atoms with Gasteiger partial charge in [-0.3, -0.25) is 0 Å². The molecule has 2 aromatic carbocycles. The number of benzene rings is 2. The largest absolute Gasteiger partial charge is 0.377 e. The van der Waals surface area contributed by atoms with E-state index in [4.69, 9.17) is 11.6 Å². The van der Waals surface area contributed by atoms with Crippen molar-refractivity contribution in [3.63, 3.8) is 0 Å². The predicted octanol–water partition coefficient (Wildman–Crippen LogP) is 4.20. The molecule has 0 bridgehead atoms. The Morgan fingerprint density at radius 2 is 1.81 bits per heavy atom. The van der Waals surface area contributed by atoms with Gasteiger partial charge in [-0.25, -0.2) is 0 Å². The fourth-order valence-corrected chi connectivity index (χ4v) is 3.17. The molecule has 0 amide bonds. The van der Waals surface area contributed by atoms with E-state index in [0.29, 0.717) is 0 Å². The number of halogens is 1. The number of rotatable bonds is 3. The highest BCUT2D eigenvalue weighted by Crippen LogP contribution is 2.33. The number of nitrogens with one attached hydrogen (secondary N) is 2. The minimum Gasteiger partial charge on any atom is -0.377 e. The van der Waals surface area contributed by atoms with Crippen LogP contribution in [0, 0.1) is 0 Å². The van der Waals surface area contributed by atoms with Crippen LogP contribution in [0.1, 0.15) is 29.7 Å². The summed E-state index contributed by atoms with van der Waals surface area (Å²) in [5.41, 5.74) is 5.16. The molecular weight excluding hydrogens is 280 g/mol. The van der Waals surface area contributed by atoms with Crippen LogP contribution in [0.4, 0.5) is 5.69 Å². The topological polar surface area (TPSA) is 24.1 Å². The molecule has 1 aliphatic heterocycles. The monoisotopic (exact) mass is 300 g/mol. The van der Waals surface area contributed by atoms with E-state index in [9.17, 15) is 0 Å². The Hall–Kier alpha value is -1.51. The van der Waals surface area contributed by atoms with Crippen LogP contribution in [-0.4, -0.2) is 13.1 Å². The van der Waals surface area contributed by atoms with Gasteiger partial charge in [-0.15, -0.1) is 0 Å². The number of anilines is 1. The Balaban J connectivity index is 1.91. The summed E-state index contributed by atoms with van der Waals surface area (Å²) in [4.78, 5) is 0. The fraction of sp³-hybridized carbons (Fsp3) is 0.333. The summed E-state index contributed by atoms with van der Waals surface area (Å²) in [7, 11) is 0. The Bertz CT molecular complexity index is 610. The van der Waals surface area contributed by atoms with Crippen molar-refractivity contribution >= 4 is 17.3 Å². The molecule has 0 spiro atoms. The summed E-state index contributed by atoms with van der Waals surface area (Å²) >= 11 is 6.46. The molecule has 2 aromatic rings. The second-order valence-electron chi connectivity index (χ2n) is 5.59. The third kappa shape index (κ3) is 3.22. The van der Waals surface area contributed by atoms with Crippen LogP contribution in [0.25, 0.3) is 0 Å². The van der Waals surface area contributed by atoms with E-state index in [-0.39, 0.29) is 6.04 Å². The molecule has 2 N–H and O–H groups in total. The summed E-state index contributed by atoms with van der Waals surface area (Å²) in [5.74, 6) is 0. The molecular formula is C18H21ClN2. The molecule has 3 rings (SSSR count). The molecule has 21 heavy (non-hydrogen) atoms. The lowest BCUT2D eigenvalue weighted by atomic mass is 9.99. The van der Waals surface area contributed by atoms with Crippen LogP contribution in [0.3, 0.4) is 0 Å². The first kappa shape index (κ1) is 14.4. The molecule has 2 nitrogen and oxygen atoms in total. The Morgan fingerprint density at radius 1 is 1.05 bits per heavy atom. The Kier molecular flexibility index (Phi) is 4.47. The van der Waals surface area contributed by atoms with Crippen molar-refractivity contribution in [3.8, 4) is 0 Å². The van der Waals surface area contributed by atoms with Crippen molar-refractivity contribution < 1.29 is 0 Å². The van der Waals surface area contributed by atoms with Crippen molar-refractivity contribution in [3.05, 3.63) is 64.2 Å². The zero-order valence-electron chi connectivity index (χ0n) is 12.3. The minimum atomic E-state index is 0.242. The average molecular weight is 301 g/mol.